The average Bonchev–Trinajstić information content (AvgIpc) is 3.52. The predicted octanol–water partition coefficient (Wildman–Crippen LogP) is 3.14. The van der Waals surface area contributed by atoms with E-state index in [1.54, 1.807) is 30.6 Å². The summed E-state index contributed by atoms with van der Waals surface area (Å²) in [6.45, 7) is 7.67. The molecule has 1 fully saturated rings. The smallest absolute Gasteiger partial charge is 0.243 e. The lowest BCUT2D eigenvalue weighted by atomic mass is 9.91. The van der Waals surface area contributed by atoms with E-state index >= 15 is 0 Å². The standard InChI is InChI=1S/C25H30N4O5S/c1-13(2)22(21-7-14(3)28-34-21)25(33)29-11-18(30)9-19(29)24(32)26-10-17-6-5-16(8-20(17)31)23-15(4)27-12-35-23/h5-8,12-13,18-19,22,30-31H,9-11H2,1-4H3,(H,26,32)/t18-,19+,22?/m1/s1. The van der Waals surface area contributed by atoms with Crippen molar-refractivity contribution in [2.24, 2.45) is 5.92 Å². The number of nitrogens with one attached hydrogen (secondary N) is 1. The summed E-state index contributed by atoms with van der Waals surface area (Å²) >= 11 is 1.50. The minimum Gasteiger partial charge on any atom is -0.508 e. The minimum atomic E-state index is -0.816. The number of aliphatic hydroxyl groups is 1. The van der Waals surface area contributed by atoms with Gasteiger partial charge in [0.2, 0.25) is 11.8 Å². The molecule has 1 aliphatic heterocycles. The van der Waals surface area contributed by atoms with Gasteiger partial charge in [0.15, 0.2) is 0 Å². The van der Waals surface area contributed by atoms with Gasteiger partial charge in [-0.2, -0.15) is 0 Å². The van der Waals surface area contributed by atoms with Gasteiger partial charge in [0.25, 0.3) is 0 Å². The summed E-state index contributed by atoms with van der Waals surface area (Å²) in [6.07, 6.45) is -0.651. The van der Waals surface area contributed by atoms with Crippen LogP contribution in [0.1, 0.15) is 48.9 Å². The van der Waals surface area contributed by atoms with Crippen molar-refractivity contribution in [2.75, 3.05) is 6.54 Å². The number of carbonyl (C=O) groups excluding carboxylic acids is 2. The molecule has 0 saturated carbocycles. The largest absolute Gasteiger partial charge is 0.508 e. The molecule has 10 heteroatoms. The fourth-order valence-corrected chi connectivity index (χ4v) is 5.29. The molecular formula is C25H30N4O5S. The number of aromatic hydroxyl groups is 1. The Balaban J connectivity index is 1.46. The number of likely N-dealkylation sites (tertiary alicyclic amines) is 1. The summed E-state index contributed by atoms with van der Waals surface area (Å²) in [4.78, 5) is 33.2. The number of phenols is 1. The molecule has 1 aromatic carbocycles. The third-order valence-electron chi connectivity index (χ3n) is 6.30. The molecule has 1 saturated heterocycles. The van der Waals surface area contributed by atoms with Crippen LogP contribution in [-0.4, -0.2) is 55.8 Å². The first kappa shape index (κ1) is 24.9. The van der Waals surface area contributed by atoms with Crippen molar-refractivity contribution in [3.63, 3.8) is 0 Å². The molecule has 0 spiro atoms. The van der Waals surface area contributed by atoms with Gasteiger partial charge in [-0.1, -0.05) is 31.1 Å². The molecule has 0 radical (unpaired) electrons. The van der Waals surface area contributed by atoms with E-state index in [1.165, 1.54) is 16.2 Å². The first-order valence-electron chi connectivity index (χ1n) is 11.6. The topological polar surface area (TPSA) is 129 Å². The Labute approximate surface area is 207 Å². The lowest BCUT2D eigenvalue weighted by Gasteiger charge is -2.28. The van der Waals surface area contributed by atoms with Gasteiger partial charge in [-0.05, 0) is 31.4 Å². The van der Waals surface area contributed by atoms with E-state index in [-0.39, 0.29) is 43.0 Å². The van der Waals surface area contributed by atoms with Crippen molar-refractivity contribution in [3.8, 4) is 16.2 Å². The first-order chi connectivity index (χ1) is 16.7. The second kappa shape index (κ2) is 10.2. The molecule has 2 aromatic heterocycles. The van der Waals surface area contributed by atoms with Crippen LogP contribution in [0.3, 0.4) is 0 Å². The van der Waals surface area contributed by atoms with Crippen LogP contribution < -0.4 is 5.32 Å². The second-order valence-electron chi connectivity index (χ2n) is 9.32. The van der Waals surface area contributed by atoms with E-state index in [0.29, 0.717) is 17.0 Å². The fraction of sp³-hybridized carbons (Fsp3) is 0.440. The monoisotopic (exact) mass is 498 g/mol. The summed E-state index contributed by atoms with van der Waals surface area (Å²) in [7, 11) is 0. The molecule has 0 aliphatic carbocycles. The van der Waals surface area contributed by atoms with Gasteiger partial charge in [-0.15, -0.1) is 11.3 Å². The zero-order valence-electron chi connectivity index (χ0n) is 20.2. The van der Waals surface area contributed by atoms with Crippen LogP contribution in [0.2, 0.25) is 0 Å². The van der Waals surface area contributed by atoms with E-state index in [4.69, 9.17) is 4.52 Å². The molecular weight excluding hydrogens is 468 g/mol. The number of benzene rings is 1. The van der Waals surface area contributed by atoms with E-state index in [9.17, 15) is 19.8 Å². The molecule has 1 aliphatic rings. The highest BCUT2D eigenvalue weighted by Gasteiger charge is 2.43. The molecule has 2 amide bonds. The SMILES string of the molecule is Cc1cc(C(C(=O)N2C[C@H](O)C[C@H]2C(=O)NCc2ccc(-c3scnc3C)cc2O)C(C)C)on1. The van der Waals surface area contributed by atoms with Crippen LogP contribution in [0.15, 0.2) is 34.3 Å². The number of hydrogen-bond acceptors (Lipinski definition) is 8. The van der Waals surface area contributed by atoms with Crippen molar-refractivity contribution in [2.45, 2.75) is 58.7 Å². The van der Waals surface area contributed by atoms with Crippen molar-refractivity contribution in [3.05, 3.63) is 52.5 Å². The zero-order chi connectivity index (χ0) is 25.3. The van der Waals surface area contributed by atoms with Crippen LogP contribution in [0.4, 0.5) is 0 Å². The van der Waals surface area contributed by atoms with Crippen LogP contribution in [0, 0.1) is 19.8 Å². The Hall–Kier alpha value is -3.24. The Morgan fingerprint density at radius 3 is 2.66 bits per heavy atom. The number of β-amino-alcohol motifs (C(OH)–C–C–N with tert-alkyl or cyclic N) is 1. The maximum absolute atomic E-state index is 13.5. The molecule has 3 N–H and O–H groups in total. The number of thiazole rings is 1. The third kappa shape index (κ3) is 5.23. The Bertz CT molecular complexity index is 1220. The van der Waals surface area contributed by atoms with E-state index in [2.05, 4.69) is 15.5 Å². The highest BCUT2D eigenvalue weighted by molar-refractivity contribution is 7.13. The summed E-state index contributed by atoms with van der Waals surface area (Å²) in [5.41, 5.74) is 4.73. The maximum atomic E-state index is 13.5. The molecule has 35 heavy (non-hydrogen) atoms. The van der Waals surface area contributed by atoms with Gasteiger partial charge in [-0.3, -0.25) is 9.59 Å². The summed E-state index contributed by atoms with van der Waals surface area (Å²) in [5, 5.41) is 27.5. The quantitative estimate of drug-likeness (QED) is 0.456. The van der Waals surface area contributed by atoms with Gasteiger partial charge in [0.1, 0.15) is 23.5 Å². The number of amides is 2. The lowest BCUT2D eigenvalue weighted by molar-refractivity contribution is -0.141. The number of aliphatic hydroxyl groups excluding tert-OH is 1. The third-order valence-corrected chi connectivity index (χ3v) is 7.27. The molecule has 3 aromatic rings. The number of rotatable bonds is 7. The van der Waals surface area contributed by atoms with Crippen molar-refractivity contribution in [1.29, 1.82) is 0 Å². The van der Waals surface area contributed by atoms with E-state index in [0.717, 1.165) is 16.1 Å². The number of nitrogens with zero attached hydrogens (tertiary/aromatic N) is 3. The number of aromatic nitrogens is 2. The highest BCUT2D eigenvalue weighted by atomic mass is 32.1. The Morgan fingerprint density at radius 1 is 1.29 bits per heavy atom. The van der Waals surface area contributed by atoms with Gasteiger partial charge < -0.3 is 25.0 Å². The number of carbonyl (C=O) groups is 2. The lowest BCUT2D eigenvalue weighted by Crippen LogP contribution is -2.48. The molecule has 1 unspecified atom stereocenters. The molecule has 3 heterocycles. The maximum Gasteiger partial charge on any atom is 0.243 e. The van der Waals surface area contributed by atoms with Crippen molar-refractivity contribution >= 4 is 23.2 Å². The molecule has 186 valence electrons. The first-order valence-corrected chi connectivity index (χ1v) is 12.5. The van der Waals surface area contributed by atoms with Crippen molar-refractivity contribution in [1.82, 2.24) is 20.4 Å². The average molecular weight is 499 g/mol. The minimum absolute atomic E-state index is 0.0653. The number of phenolic OH excluding ortho intramolecular Hbond substituents is 1. The van der Waals surface area contributed by atoms with Crippen LogP contribution >= 0.6 is 11.3 Å². The van der Waals surface area contributed by atoms with Gasteiger partial charge in [-0.25, -0.2) is 4.98 Å². The fourth-order valence-electron chi connectivity index (χ4n) is 4.48. The molecule has 0 bridgehead atoms. The molecule has 4 rings (SSSR count). The summed E-state index contributed by atoms with van der Waals surface area (Å²) < 4.78 is 5.36. The van der Waals surface area contributed by atoms with Crippen LogP contribution in [0.25, 0.3) is 10.4 Å². The molecule has 9 nitrogen and oxygen atoms in total. The normalized spacial score (nSPS) is 18.7. The summed E-state index contributed by atoms with van der Waals surface area (Å²) in [5.74, 6) is -0.842. The van der Waals surface area contributed by atoms with Gasteiger partial charge in [0, 0.05) is 31.1 Å². The van der Waals surface area contributed by atoms with E-state index in [1.807, 2.05) is 26.8 Å². The Kier molecular flexibility index (Phi) is 7.23. The Morgan fingerprint density at radius 2 is 2.06 bits per heavy atom. The van der Waals surface area contributed by atoms with E-state index < -0.39 is 18.1 Å². The molecule has 3 atom stereocenters. The summed E-state index contributed by atoms with van der Waals surface area (Å²) in [6, 6.07) is 6.21. The van der Waals surface area contributed by atoms with Gasteiger partial charge in [0.05, 0.1) is 27.9 Å². The van der Waals surface area contributed by atoms with Gasteiger partial charge >= 0.3 is 0 Å². The predicted molar refractivity (Wildman–Crippen MR) is 131 cm³/mol. The highest BCUT2D eigenvalue weighted by Crippen LogP contribution is 2.33. The van der Waals surface area contributed by atoms with Crippen LogP contribution in [0.5, 0.6) is 5.75 Å². The number of hydrogen-bond donors (Lipinski definition) is 3. The second-order valence-corrected chi connectivity index (χ2v) is 10.2. The zero-order valence-corrected chi connectivity index (χ0v) is 21.0. The number of aryl methyl sites for hydroxylation is 2. The van der Waals surface area contributed by atoms with Crippen LogP contribution in [-0.2, 0) is 16.1 Å². The van der Waals surface area contributed by atoms with Crippen molar-refractivity contribution < 1.29 is 24.3 Å².